The molecule has 7 nitrogen and oxygen atoms in total. The van der Waals surface area contributed by atoms with E-state index in [-0.39, 0.29) is 17.1 Å². The minimum Gasteiger partial charge on any atom is -0.512 e. The zero-order chi connectivity index (χ0) is 15.8. The molecule has 1 fully saturated rings. The fourth-order valence-corrected chi connectivity index (χ4v) is 1.19. The number of hydrogen-bond acceptors (Lipinski definition) is 7. The van der Waals surface area contributed by atoms with E-state index in [1.165, 1.54) is 25.9 Å². The van der Waals surface area contributed by atoms with Crippen molar-refractivity contribution in [2.45, 2.75) is 12.8 Å². The molecule has 0 saturated carbocycles. The molecular formula is C11H14FeN7. The molecule has 0 amide bonds. The maximum absolute atomic E-state index is 6.25. The van der Waals surface area contributed by atoms with Crippen LogP contribution in [0.3, 0.4) is 0 Å². The Morgan fingerprint density at radius 3 is 1.21 bits per heavy atom. The zero-order valence-electron chi connectivity index (χ0n) is 10.4. The van der Waals surface area contributed by atoms with E-state index in [9.17, 15) is 0 Å². The molecule has 1 aliphatic heterocycles. The first kappa shape index (κ1) is 36.0. The Labute approximate surface area is 126 Å². The van der Waals surface area contributed by atoms with Crippen molar-refractivity contribution in [1.29, 1.82) is 26.3 Å². The quantitative estimate of drug-likeness (QED) is 0.577. The third kappa shape index (κ3) is 49.2. The number of nitrogens with zero attached hydrogens (tertiary/aromatic N) is 6. The maximum Gasteiger partial charge on any atom is 5.00 e. The Bertz CT molecular complexity index is 178. The van der Waals surface area contributed by atoms with E-state index in [1.807, 2.05) is 0 Å². The SMILES string of the molecule is NCCN1CCCC1.[C-]#N.[C-]#N.[C-]#N.[C-]#N.[C-]#N.[Fe+5]. The predicted molar refractivity (Wildman–Crippen MR) is 59.6 cm³/mol. The van der Waals surface area contributed by atoms with Gasteiger partial charge in [0.1, 0.15) is 0 Å². The molecular weight excluding hydrogens is 286 g/mol. The minimum absolute atomic E-state index is 0. The summed E-state index contributed by atoms with van der Waals surface area (Å²) in [6, 6.07) is 0. The van der Waals surface area contributed by atoms with Gasteiger partial charge in [-0.05, 0) is 25.9 Å². The van der Waals surface area contributed by atoms with Crippen LogP contribution in [0.25, 0.3) is 0 Å². The molecule has 0 unspecified atom stereocenters. The van der Waals surface area contributed by atoms with Crippen molar-refractivity contribution in [3.8, 4) is 0 Å². The Morgan fingerprint density at radius 1 is 0.737 bits per heavy atom. The molecule has 1 heterocycles. The first-order valence-electron chi connectivity index (χ1n) is 4.47. The summed E-state index contributed by atoms with van der Waals surface area (Å²) >= 11 is 0. The van der Waals surface area contributed by atoms with Gasteiger partial charge in [-0.1, -0.05) is 0 Å². The number of hydrogen-bond donors (Lipinski definition) is 1. The van der Waals surface area contributed by atoms with E-state index in [4.69, 9.17) is 64.9 Å². The molecule has 0 bridgehead atoms. The van der Waals surface area contributed by atoms with E-state index < -0.39 is 0 Å². The Hall–Kier alpha value is -2.11. The van der Waals surface area contributed by atoms with Crippen molar-refractivity contribution in [3.05, 3.63) is 32.9 Å². The largest absolute Gasteiger partial charge is 5.00 e. The van der Waals surface area contributed by atoms with Gasteiger partial charge in [0.05, 0.1) is 0 Å². The van der Waals surface area contributed by atoms with Crippen LogP contribution in [0, 0.1) is 59.2 Å². The Kier molecular flexibility index (Phi) is 140. The molecule has 0 aromatic heterocycles. The summed E-state index contributed by atoms with van der Waals surface area (Å²) in [5, 5.41) is 31.2. The first-order valence-corrected chi connectivity index (χ1v) is 4.47. The van der Waals surface area contributed by atoms with Gasteiger partial charge in [0.15, 0.2) is 0 Å². The van der Waals surface area contributed by atoms with Crippen LogP contribution < -0.4 is 5.73 Å². The molecule has 1 radical (unpaired) electrons. The van der Waals surface area contributed by atoms with Crippen LogP contribution in [0.4, 0.5) is 0 Å². The van der Waals surface area contributed by atoms with Crippen LogP contribution in [-0.2, 0) is 17.1 Å². The van der Waals surface area contributed by atoms with Gasteiger partial charge in [0.25, 0.3) is 0 Å². The summed E-state index contributed by atoms with van der Waals surface area (Å²) in [7, 11) is 0. The van der Waals surface area contributed by atoms with Crippen molar-refractivity contribution in [2.75, 3.05) is 26.2 Å². The number of rotatable bonds is 2. The summed E-state index contributed by atoms with van der Waals surface area (Å²) in [6.07, 6.45) is 2.75. The van der Waals surface area contributed by atoms with Gasteiger partial charge in [-0.15, -0.1) is 0 Å². The topological polar surface area (TPSA) is 148 Å². The average molecular weight is 300 g/mol. The van der Waals surface area contributed by atoms with Crippen LogP contribution in [0.5, 0.6) is 0 Å². The number of nitrogens with two attached hydrogens (primary N) is 1. The van der Waals surface area contributed by atoms with Gasteiger partial charge in [-0.3, -0.25) is 0 Å². The van der Waals surface area contributed by atoms with E-state index >= 15 is 0 Å². The molecule has 0 aromatic rings. The van der Waals surface area contributed by atoms with Gasteiger partial charge < -0.3 is 69.8 Å². The second kappa shape index (κ2) is 74.2. The smallest absolute Gasteiger partial charge is 0.512 e. The molecule has 0 atom stereocenters. The summed E-state index contributed by atoms with van der Waals surface area (Å²) in [5.41, 5.74) is 5.37. The first-order chi connectivity index (χ1) is 8.93. The van der Waals surface area contributed by atoms with Gasteiger partial charge in [0.2, 0.25) is 0 Å². The van der Waals surface area contributed by atoms with Crippen LogP contribution in [0.1, 0.15) is 12.8 Å². The van der Waals surface area contributed by atoms with Crippen molar-refractivity contribution in [2.24, 2.45) is 5.73 Å². The van der Waals surface area contributed by atoms with Gasteiger partial charge >= 0.3 is 17.1 Å². The average Bonchev–Trinajstić information content (AvgIpc) is 3.03. The summed E-state index contributed by atoms with van der Waals surface area (Å²) in [6.45, 7) is 28.2. The number of likely N-dealkylation sites (tertiary alicyclic amines) is 1. The molecule has 101 valence electrons. The second-order valence-corrected chi connectivity index (χ2v) is 2.34. The van der Waals surface area contributed by atoms with E-state index in [1.54, 1.807) is 0 Å². The molecule has 0 spiro atoms. The molecule has 1 aliphatic rings. The standard InChI is InChI=1S/C6H14N2.5CN.Fe/c7-3-6-8-4-1-2-5-8;5*1-2;/h1-7H2;;;;;;/q;5*-1;+5. The second-order valence-electron chi connectivity index (χ2n) is 2.34. The fraction of sp³-hybridized carbons (Fsp3) is 0.545. The molecule has 0 aliphatic carbocycles. The third-order valence-electron chi connectivity index (χ3n) is 1.64. The van der Waals surface area contributed by atoms with Gasteiger partial charge in [-0.25, -0.2) is 0 Å². The van der Waals surface area contributed by atoms with Crippen molar-refractivity contribution in [1.82, 2.24) is 4.90 Å². The molecule has 2 N–H and O–H groups in total. The summed E-state index contributed by atoms with van der Waals surface area (Å²) in [4.78, 5) is 2.42. The fourth-order valence-electron chi connectivity index (χ4n) is 1.19. The molecule has 1 saturated heterocycles. The summed E-state index contributed by atoms with van der Waals surface area (Å²) < 4.78 is 0. The predicted octanol–water partition coefficient (Wildman–Crippen LogP) is 0.520. The van der Waals surface area contributed by atoms with Crippen molar-refractivity contribution in [3.63, 3.8) is 0 Å². The minimum atomic E-state index is 0. The Morgan fingerprint density at radius 2 is 1.00 bits per heavy atom. The van der Waals surface area contributed by atoms with Gasteiger partial charge in [-0.2, -0.15) is 0 Å². The molecule has 8 heteroatoms. The third-order valence-corrected chi connectivity index (χ3v) is 1.64. The van der Waals surface area contributed by atoms with E-state index in [2.05, 4.69) is 4.90 Å². The van der Waals surface area contributed by atoms with E-state index in [0.29, 0.717) is 0 Å². The van der Waals surface area contributed by atoms with Crippen molar-refractivity contribution < 1.29 is 17.1 Å². The zero-order valence-corrected chi connectivity index (χ0v) is 11.5. The maximum atomic E-state index is 6.25. The van der Waals surface area contributed by atoms with E-state index in [0.717, 1.165) is 13.1 Å². The molecule has 0 aromatic carbocycles. The normalized spacial score (nSPS) is 9.84. The van der Waals surface area contributed by atoms with Crippen LogP contribution in [0.2, 0.25) is 0 Å². The summed E-state index contributed by atoms with van der Waals surface area (Å²) in [5.74, 6) is 0. The van der Waals surface area contributed by atoms with Crippen LogP contribution in [-0.4, -0.2) is 31.1 Å². The molecule has 1 rings (SSSR count). The van der Waals surface area contributed by atoms with Crippen LogP contribution in [0.15, 0.2) is 0 Å². The van der Waals surface area contributed by atoms with Gasteiger partial charge in [0, 0.05) is 13.1 Å². The monoisotopic (exact) mass is 300 g/mol. The molecule has 19 heavy (non-hydrogen) atoms. The Balaban J connectivity index is -0.0000000332. The van der Waals surface area contributed by atoms with Crippen LogP contribution >= 0.6 is 0 Å². The van der Waals surface area contributed by atoms with Crippen molar-refractivity contribution >= 4 is 0 Å².